The molecule has 0 aliphatic heterocycles. The van der Waals surface area contributed by atoms with Gasteiger partial charge in [0.2, 0.25) is 0 Å². The first kappa shape index (κ1) is 12.3. The molecule has 16 heavy (non-hydrogen) atoms. The summed E-state index contributed by atoms with van der Waals surface area (Å²) in [5.41, 5.74) is 0. The van der Waals surface area contributed by atoms with Crippen molar-refractivity contribution in [1.82, 2.24) is 4.98 Å². The maximum atomic E-state index is 10.5. The molecule has 0 aliphatic rings. The lowest BCUT2D eigenvalue weighted by molar-refractivity contribution is -0.113. The third kappa shape index (κ3) is 3.74. The summed E-state index contributed by atoms with van der Waals surface area (Å²) in [5, 5.41) is 3.15. The van der Waals surface area contributed by atoms with Gasteiger partial charge < -0.3 is 4.90 Å². The lowest BCUT2D eigenvalue weighted by Crippen LogP contribution is -2.07. The van der Waals surface area contributed by atoms with Crippen LogP contribution in [0.15, 0.2) is 29.6 Å². The van der Waals surface area contributed by atoms with Crippen LogP contribution < -0.4 is 4.90 Å². The number of hydrogen-bond donors (Lipinski definition) is 0. The van der Waals surface area contributed by atoms with Crippen LogP contribution in [0.4, 0.5) is 5.13 Å². The van der Waals surface area contributed by atoms with Gasteiger partial charge in [0.15, 0.2) is 5.13 Å². The minimum Gasteiger partial charge on any atom is -0.354 e. The van der Waals surface area contributed by atoms with Crippen LogP contribution in [0.1, 0.15) is 4.88 Å². The standard InChI is InChI=1S/C10H11N3O2S/c1-13(2)10-11-7-8(16-10)5-3-4-6-9(14)12-15/h3-7H,1-2H3/b5-3+,6-4+. The Hall–Kier alpha value is -1.82. The Kier molecular flexibility index (Phi) is 4.53. The zero-order chi connectivity index (χ0) is 12.0. The highest BCUT2D eigenvalue weighted by atomic mass is 32.1. The molecule has 1 heterocycles. The molecule has 1 aromatic heterocycles. The van der Waals surface area contributed by atoms with Crippen LogP contribution in [0.2, 0.25) is 0 Å². The number of carbonyl (C=O) groups excluding carboxylic acids is 1. The first-order valence-electron chi connectivity index (χ1n) is 4.48. The van der Waals surface area contributed by atoms with Gasteiger partial charge in [-0.2, -0.15) is 0 Å². The fourth-order valence-corrected chi connectivity index (χ4v) is 1.63. The molecule has 0 atom stereocenters. The molecule has 1 aromatic rings. The topological polar surface area (TPSA) is 62.6 Å². The second-order valence-corrected chi connectivity index (χ2v) is 4.13. The number of aromatic nitrogens is 1. The van der Waals surface area contributed by atoms with Gasteiger partial charge in [-0.15, -0.1) is 4.91 Å². The predicted molar refractivity (Wildman–Crippen MR) is 65.4 cm³/mol. The Morgan fingerprint density at radius 3 is 2.81 bits per heavy atom. The Morgan fingerprint density at radius 1 is 1.50 bits per heavy atom. The highest BCUT2D eigenvalue weighted by Gasteiger charge is 1.99. The van der Waals surface area contributed by atoms with E-state index in [-0.39, 0.29) is 0 Å². The number of amides is 1. The highest BCUT2D eigenvalue weighted by Crippen LogP contribution is 2.21. The molecule has 0 unspecified atom stereocenters. The molecule has 0 bridgehead atoms. The molecule has 0 saturated carbocycles. The number of carbonyl (C=O) groups is 1. The zero-order valence-electron chi connectivity index (χ0n) is 8.95. The molecule has 0 aromatic carbocycles. The van der Waals surface area contributed by atoms with Crippen molar-refractivity contribution >= 4 is 28.5 Å². The molecule has 0 saturated heterocycles. The van der Waals surface area contributed by atoms with Gasteiger partial charge in [0, 0.05) is 36.4 Å². The van der Waals surface area contributed by atoms with Gasteiger partial charge in [-0.05, 0) is 6.08 Å². The predicted octanol–water partition coefficient (Wildman–Crippen LogP) is 2.07. The molecular weight excluding hydrogens is 226 g/mol. The molecular formula is C10H11N3O2S. The van der Waals surface area contributed by atoms with Crippen LogP contribution >= 0.6 is 11.3 Å². The van der Waals surface area contributed by atoms with Crippen molar-refractivity contribution in [2.24, 2.45) is 5.18 Å². The van der Waals surface area contributed by atoms with Crippen molar-refractivity contribution in [2.45, 2.75) is 0 Å². The normalized spacial score (nSPS) is 11.1. The van der Waals surface area contributed by atoms with Crippen molar-refractivity contribution in [3.8, 4) is 0 Å². The van der Waals surface area contributed by atoms with E-state index in [1.807, 2.05) is 19.0 Å². The van der Waals surface area contributed by atoms with Crippen molar-refractivity contribution in [2.75, 3.05) is 19.0 Å². The van der Waals surface area contributed by atoms with E-state index in [1.54, 1.807) is 18.3 Å². The Balaban J connectivity index is 2.59. The fraction of sp³-hybridized carbons (Fsp3) is 0.200. The van der Waals surface area contributed by atoms with Crippen LogP contribution in [0.3, 0.4) is 0 Å². The van der Waals surface area contributed by atoms with Crippen LogP contribution in [0.25, 0.3) is 6.08 Å². The van der Waals surface area contributed by atoms with Crippen molar-refractivity contribution in [3.63, 3.8) is 0 Å². The van der Waals surface area contributed by atoms with E-state index >= 15 is 0 Å². The average Bonchev–Trinajstić information content (AvgIpc) is 2.72. The summed E-state index contributed by atoms with van der Waals surface area (Å²) in [6.45, 7) is 0. The van der Waals surface area contributed by atoms with E-state index in [0.717, 1.165) is 16.1 Å². The summed E-state index contributed by atoms with van der Waals surface area (Å²) < 4.78 is 0. The van der Waals surface area contributed by atoms with Gasteiger partial charge in [0.1, 0.15) is 0 Å². The van der Waals surface area contributed by atoms with Gasteiger partial charge in [0.05, 0.1) is 0 Å². The minimum absolute atomic E-state index is 0.789. The van der Waals surface area contributed by atoms with E-state index in [4.69, 9.17) is 0 Å². The maximum absolute atomic E-state index is 10.5. The summed E-state index contributed by atoms with van der Waals surface area (Å²) in [4.78, 5) is 27.3. The molecule has 5 nitrogen and oxygen atoms in total. The number of nitrogens with zero attached hydrogens (tertiary/aromatic N) is 3. The third-order valence-corrected chi connectivity index (χ3v) is 2.72. The number of anilines is 1. The Bertz CT molecular complexity index is 435. The zero-order valence-corrected chi connectivity index (χ0v) is 9.77. The monoisotopic (exact) mass is 237 g/mol. The Labute approximate surface area is 97.1 Å². The van der Waals surface area contributed by atoms with Crippen LogP contribution in [0.5, 0.6) is 0 Å². The summed E-state index contributed by atoms with van der Waals surface area (Å²) >= 11 is 1.53. The summed E-state index contributed by atoms with van der Waals surface area (Å²) in [6, 6.07) is 0. The van der Waals surface area contributed by atoms with Gasteiger partial charge in [0.25, 0.3) is 0 Å². The first-order chi connectivity index (χ1) is 7.63. The summed E-state index contributed by atoms with van der Waals surface area (Å²) in [5.74, 6) is -0.789. The second-order valence-electron chi connectivity index (χ2n) is 3.09. The quantitative estimate of drug-likeness (QED) is 0.457. The van der Waals surface area contributed by atoms with Gasteiger partial charge in [-0.3, -0.25) is 4.79 Å². The van der Waals surface area contributed by atoms with Crippen LogP contribution in [-0.2, 0) is 4.79 Å². The average molecular weight is 237 g/mol. The SMILES string of the molecule is CN(C)c1ncc(/C=C/C=C/C(=O)N=O)s1. The van der Waals surface area contributed by atoms with Crippen molar-refractivity contribution < 1.29 is 4.79 Å². The first-order valence-corrected chi connectivity index (χ1v) is 5.30. The molecule has 0 aliphatic carbocycles. The number of nitroso groups, excluding NO2 is 1. The van der Waals surface area contributed by atoms with Crippen LogP contribution in [-0.4, -0.2) is 25.0 Å². The largest absolute Gasteiger partial charge is 0.354 e. The van der Waals surface area contributed by atoms with E-state index < -0.39 is 5.91 Å². The van der Waals surface area contributed by atoms with E-state index in [2.05, 4.69) is 10.2 Å². The maximum Gasteiger partial charge on any atom is 0.309 e. The smallest absolute Gasteiger partial charge is 0.309 e. The minimum atomic E-state index is -0.789. The second kappa shape index (κ2) is 5.92. The number of hydrogen-bond acceptors (Lipinski definition) is 5. The fourth-order valence-electron chi connectivity index (χ4n) is 0.879. The summed E-state index contributed by atoms with van der Waals surface area (Å²) in [6.07, 6.45) is 7.79. The van der Waals surface area contributed by atoms with Crippen molar-refractivity contribution in [1.29, 1.82) is 0 Å². The van der Waals surface area contributed by atoms with E-state index in [0.29, 0.717) is 0 Å². The number of rotatable bonds is 4. The molecule has 1 amide bonds. The third-order valence-electron chi connectivity index (χ3n) is 1.59. The molecule has 0 N–H and O–H groups in total. The number of allylic oxidation sites excluding steroid dienone is 2. The number of thiazole rings is 1. The van der Waals surface area contributed by atoms with Gasteiger partial charge in [-0.1, -0.05) is 23.5 Å². The van der Waals surface area contributed by atoms with Crippen molar-refractivity contribution in [3.05, 3.63) is 34.2 Å². The molecule has 84 valence electrons. The van der Waals surface area contributed by atoms with Crippen LogP contribution in [0, 0.1) is 4.91 Å². The lowest BCUT2D eigenvalue weighted by Gasteiger charge is -2.04. The van der Waals surface area contributed by atoms with Gasteiger partial charge in [-0.25, -0.2) is 4.98 Å². The Morgan fingerprint density at radius 2 is 2.25 bits per heavy atom. The lowest BCUT2D eigenvalue weighted by atomic mass is 10.4. The molecule has 6 heteroatoms. The van der Waals surface area contributed by atoms with E-state index in [1.165, 1.54) is 17.4 Å². The molecule has 0 fully saturated rings. The molecule has 1 rings (SSSR count). The van der Waals surface area contributed by atoms with E-state index in [9.17, 15) is 9.70 Å². The molecule has 0 radical (unpaired) electrons. The van der Waals surface area contributed by atoms with Gasteiger partial charge >= 0.3 is 5.91 Å². The highest BCUT2D eigenvalue weighted by molar-refractivity contribution is 7.16. The molecule has 0 spiro atoms. The summed E-state index contributed by atoms with van der Waals surface area (Å²) in [7, 11) is 3.83.